The first-order chi connectivity index (χ1) is 12.7. The predicted octanol–water partition coefficient (Wildman–Crippen LogP) is 2.04. The molecule has 1 aliphatic rings. The number of fused-ring (bicyclic) bond motifs is 1. The van der Waals surface area contributed by atoms with Crippen LogP contribution in [0.2, 0.25) is 5.02 Å². The Balaban J connectivity index is 1.70. The van der Waals surface area contributed by atoms with Gasteiger partial charge < -0.3 is 9.47 Å². The standard InChI is InChI=1S/C17H18ClNO6S2/c1-26(20,21)17-11-13(3-4-14(17)18)27(22,23)19-7-6-12-2-5-15-16(10-12)25-9-8-24-15/h2-5,10-11,19H,6-9H2,1H3. The highest BCUT2D eigenvalue weighted by Crippen LogP contribution is 2.31. The van der Waals surface area contributed by atoms with Gasteiger partial charge in [-0.3, -0.25) is 0 Å². The first kappa shape index (κ1) is 19.9. The summed E-state index contributed by atoms with van der Waals surface area (Å²) in [6.45, 7) is 1.11. The smallest absolute Gasteiger partial charge is 0.240 e. The molecule has 1 heterocycles. The second-order valence-electron chi connectivity index (χ2n) is 5.99. The third-order valence-electron chi connectivity index (χ3n) is 3.92. The van der Waals surface area contributed by atoms with Gasteiger partial charge in [0.15, 0.2) is 21.3 Å². The maximum Gasteiger partial charge on any atom is 0.240 e. The molecule has 27 heavy (non-hydrogen) atoms. The number of sulfonamides is 1. The van der Waals surface area contributed by atoms with E-state index in [1.165, 1.54) is 12.1 Å². The molecule has 0 spiro atoms. The average Bonchev–Trinajstić information content (AvgIpc) is 2.60. The van der Waals surface area contributed by atoms with Crippen LogP contribution in [0.25, 0.3) is 0 Å². The highest BCUT2D eigenvalue weighted by molar-refractivity contribution is 7.91. The van der Waals surface area contributed by atoms with Gasteiger partial charge in [0.25, 0.3) is 0 Å². The Morgan fingerprint density at radius 2 is 1.70 bits per heavy atom. The predicted molar refractivity (Wildman–Crippen MR) is 101 cm³/mol. The zero-order chi connectivity index (χ0) is 19.7. The van der Waals surface area contributed by atoms with E-state index in [1.54, 1.807) is 6.07 Å². The zero-order valence-corrected chi connectivity index (χ0v) is 16.8. The van der Waals surface area contributed by atoms with Crippen LogP contribution in [0.15, 0.2) is 46.2 Å². The van der Waals surface area contributed by atoms with Crippen molar-refractivity contribution in [1.82, 2.24) is 4.72 Å². The molecule has 0 atom stereocenters. The molecule has 0 aliphatic carbocycles. The van der Waals surface area contributed by atoms with Crippen LogP contribution < -0.4 is 14.2 Å². The fraction of sp³-hybridized carbons (Fsp3) is 0.294. The lowest BCUT2D eigenvalue weighted by Gasteiger charge is -2.18. The molecule has 2 aromatic rings. The normalized spacial score (nSPS) is 14.1. The minimum Gasteiger partial charge on any atom is -0.486 e. The molecule has 0 unspecified atom stereocenters. The molecule has 146 valence electrons. The first-order valence-electron chi connectivity index (χ1n) is 8.05. The van der Waals surface area contributed by atoms with Gasteiger partial charge in [-0.15, -0.1) is 0 Å². The van der Waals surface area contributed by atoms with Gasteiger partial charge in [0.05, 0.1) is 14.8 Å². The molecule has 2 aromatic carbocycles. The van der Waals surface area contributed by atoms with Gasteiger partial charge in [-0.1, -0.05) is 17.7 Å². The van der Waals surface area contributed by atoms with E-state index in [-0.39, 0.29) is 21.4 Å². The summed E-state index contributed by atoms with van der Waals surface area (Å²) in [4.78, 5) is -0.381. The fourth-order valence-electron chi connectivity index (χ4n) is 2.59. The van der Waals surface area contributed by atoms with Crippen molar-refractivity contribution < 1.29 is 26.3 Å². The SMILES string of the molecule is CS(=O)(=O)c1cc(S(=O)(=O)NCCc2ccc3c(c2)OCCO3)ccc1Cl. The molecule has 3 rings (SSSR count). The van der Waals surface area contributed by atoms with E-state index >= 15 is 0 Å². The molecule has 0 amide bonds. The summed E-state index contributed by atoms with van der Waals surface area (Å²) < 4.78 is 61.8. The van der Waals surface area contributed by atoms with Gasteiger partial charge in [0.2, 0.25) is 10.0 Å². The number of sulfone groups is 1. The highest BCUT2D eigenvalue weighted by Gasteiger charge is 2.20. The molecule has 0 fully saturated rings. The summed E-state index contributed by atoms with van der Waals surface area (Å²) in [5.41, 5.74) is 0.884. The third kappa shape index (κ3) is 4.73. The highest BCUT2D eigenvalue weighted by atomic mass is 35.5. The Hall–Kier alpha value is -1.81. The number of halogens is 1. The maximum absolute atomic E-state index is 12.5. The molecular weight excluding hydrogens is 414 g/mol. The number of nitrogens with one attached hydrogen (secondary N) is 1. The van der Waals surface area contributed by atoms with Crippen molar-refractivity contribution in [3.63, 3.8) is 0 Å². The van der Waals surface area contributed by atoms with Gasteiger partial charge in [0, 0.05) is 12.8 Å². The number of hydrogen-bond donors (Lipinski definition) is 1. The summed E-state index contributed by atoms with van der Waals surface area (Å²) >= 11 is 5.86. The summed E-state index contributed by atoms with van der Waals surface area (Å²) in [5, 5.41) is -0.0206. The minimum absolute atomic E-state index is 0.0206. The van der Waals surface area contributed by atoms with E-state index in [0.717, 1.165) is 17.9 Å². The first-order valence-corrected chi connectivity index (χ1v) is 11.8. The van der Waals surface area contributed by atoms with Crippen LogP contribution in [0.5, 0.6) is 11.5 Å². The van der Waals surface area contributed by atoms with Crippen LogP contribution in [-0.2, 0) is 26.3 Å². The monoisotopic (exact) mass is 431 g/mol. The maximum atomic E-state index is 12.5. The van der Waals surface area contributed by atoms with Crippen molar-refractivity contribution in [2.45, 2.75) is 16.2 Å². The lowest BCUT2D eigenvalue weighted by Crippen LogP contribution is -2.26. The van der Waals surface area contributed by atoms with Crippen LogP contribution in [0.3, 0.4) is 0 Å². The van der Waals surface area contributed by atoms with Crippen LogP contribution in [-0.4, -0.2) is 42.8 Å². The van der Waals surface area contributed by atoms with Gasteiger partial charge in [-0.2, -0.15) is 0 Å². The molecule has 1 aliphatic heterocycles. The van der Waals surface area contributed by atoms with Gasteiger partial charge in [-0.05, 0) is 42.3 Å². The molecule has 10 heteroatoms. The van der Waals surface area contributed by atoms with Crippen molar-refractivity contribution in [3.05, 3.63) is 47.0 Å². The second-order valence-corrected chi connectivity index (χ2v) is 10.1. The van der Waals surface area contributed by atoms with Crippen molar-refractivity contribution in [2.75, 3.05) is 26.0 Å². The van der Waals surface area contributed by atoms with Crippen LogP contribution >= 0.6 is 11.6 Å². The Bertz CT molecular complexity index is 1070. The topological polar surface area (TPSA) is 98.8 Å². The Morgan fingerprint density at radius 1 is 1.00 bits per heavy atom. The molecule has 0 saturated carbocycles. The van der Waals surface area contributed by atoms with E-state index in [4.69, 9.17) is 21.1 Å². The number of rotatable bonds is 6. The van der Waals surface area contributed by atoms with Gasteiger partial charge in [-0.25, -0.2) is 21.6 Å². The van der Waals surface area contributed by atoms with E-state index in [1.807, 2.05) is 12.1 Å². The van der Waals surface area contributed by atoms with Crippen molar-refractivity contribution >= 4 is 31.5 Å². The quantitative estimate of drug-likeness (QED) is 0.751. The third-order valence-corrected chi connectivity index (χ3v) is 6.96. The molecule has 0 aromatic heterocycles. The zero-order valence-electron chi connectivity index (χ0n) is 14.4. The van der Waals surface area contributed by atoms with E-state index < -0.39 is 19.9 Å². The lowest BCUT2D eigenvalue weighted by molar-refractivity contribution is 0.171. The Morgan fingerprint density at radius 3 is 2.41 bits per heavy atom. The average molecular weight is 432 g/mol. The fourth-order valence-corrected chi connectivity index (χ4v) is 5.02. The van der Waals surface area contributed by atoms with E-state index in [0.29, 0.717) is 31.1 Å². The molecule has 7 nitrogen and oxygen atoms in total. The number of hydrogen-bond acceptors (Lipinski definition) is 6. The Kier molecular flexibility index (Phi) is 5.66. The van der Waals surface area contributed by atoms with Gasteiger partial charge in [0.1, 0.15) is 13.2 Å². The van der Waals surface area contributed by atoms with E-state index in [2.05, 4.69) is 4.72 Å². The van der Waals surface area contributed by atoms with Gasteiger partial charge >= 0.3 is 0 Å². The number of ether oxygens (including phenoxy) is 2. The second kappa shape index (κ2) is 7.67. The summed E-state index contributed by atoms with van der Waals surface area (Å²) in [6, 6.07) is 9.02. The summed E-state index contributed by atoms with van der Waals surface area (Å²) in [6.07, 6.45) is 1.41. The van der Waals surface area contributed by atoms with Crippen molar-refractivity contribution in [2.24, 2.45) is 0 Å². The molecule has 0 saturated heterocycles. The van der Waals surface area contributed by atoms with Crippen LogP contribution in [0.4, 0.5) is 0 Å². The molecular formula is C17H18ClNO6S2. The number of benzene rings is 2. The molecule has 1 N–H and O–H groups in total. The lowest BCUT2D eigenvalue weighted by atomic mass is 10.1. The van der Waals surface area contributed by atoms with Crippen molar-refractivity contribution in [3.8, 4) is 11.5 Å². The van der Waals surface area contributed by atoms with Crippen molar-refractivity contribution in [1.29, 1.82) is 0 Å². The molecule has 0 radical (unpaired) electrons. The summed E-state index contributed by atoms with van der Waals surface area (Å²) in [7, 11) is -7.51. The summed E-state index contributed by atoms with van der Waals surface area (Å²) in [5.74, 6) is 1.30. The van der Waals surface area contributed by atoms with E-state index in [9.17, 15) is 16.8 Å². The Labute approximate surface area is 163 Å². The largest absolute Gasteiger partial charge is 0.486 e. The molecule has 0 bridgehead atoms. The van der Waals surface area contributed by atoms with Crippen LogP contribution in [0, 0.1) is 0 Å². The van der Waals surface area contributed by atoms with Crippen LogP contribution in [0.1, 0.15) is 5.56 Å². The minimum atomic E-state index is -3.88.